The third-order valence-corrected chi connectivity index (χ3v) is 8.90. The molecular weight excluding hydrogens is 506 g/mol. The number of benzene rings is 3. The lowest BCUT2D eigenvalue weighted by Crippen LogP contribution is -2.48. The number of amides is 1. The van der Waals surface area contributed by atoms with E-state index in [1.165, 1.54) is 22.4 Å². The van der Waals surface area contributed by atoms with Gasteiger partial charge in [-0.2, -0.15) is 0 Å². The minimum Gasteiger partial charge on any atom is -0.351 e. The summed E-state index contributed by atoms with van der Waals surface area (Å²) in [5.74, 6) is -0.310. The fraction of sp³-hybridized carbons (Fsp3) is 0.259. The molecule has 10 heteroatoms. The first kappa shape index (κ1) is 25.2. The van der Waals surface area contributed by atoms with Crippen LogP contribution in [0.2, 0.25) is 0 Å². The standard InChI is InChI=1S/C27H29N5O3S2/c1-20-8-7-13-24-25(20)29-27(36-24)32-18-16-31(17-19-32)15-14-28-26(33)22-11-5-6-12-23(22)30-37(34,35)21-9-3-2-4-10-21/h2-13,30H,14-19H2,1H3,(H,28,33). The number of fused-ring (bicyclic) bond motifs is 1. The number of nitrogens with zero attached hydrogens (tertiary/aromatic N) is 3. The molecule has 192 valence electrons. The summed E-state index contributed by atoms with van der Waals surface area (Å²) in [4.78, 5) is 22.5. The fourth-order valence-corrected chi connectivity index (χ4v) is 6.56. The third kappa shape index (κ3) is 5.76. The number of aromatic nitrogens is 1. The van der Waals surface area contributed by atoms with E-state index >= 15 is 0 Å². The number of piperazine rings is 1. The zero-order chi connectivity index (χ0) is 25.8. The maximum Gasteiger partial charge on any atom is 0.261 e. The van der Waals surface area contributed by atoms with E-state index in [0.29, 0.717) is 6.54 Å². The molecule has 0 aliphatic carbocycles. The molecule has 2 N–H and O–H groups in total. The van der Waals surface area contributed by atoms with Gasteiger partial charge in [0.2, 0.25) is 0 Å². The topological polar surface area (TPSA) is 94.6 Å². The minimum absolute atomic E-state index is 0.144. The number of aryl methyl sites for hydroxylation is 1. The van der Waals surface area contributed by atoms with E-state index in [1.807, 2.05) is 0 Å². The third-order valence-electron chi connectivity index (χ3n) is 6.44. The van der Waals surface area contributed by atoms with Crippen LogP contribution in [0, 0.1) is 6.92 Å². The molecule has 0 radical (unpaired) electrons. The minimum atomic E-state index is -3.79. The molecule has 5 rings (SSSR count). The summed E-state index contributed by atoms with van der Waals surface area (Å²) < 4.78 is 29.2. The predicted molar refractivity (Wildman–Crippen MR) is 149 cm³/mol. The summed E-state index contributed by atoms with van der Waals surface area (Å²) in [6.07, 6.45) is 0. The maximum absolute atomic E-state index is 12.9. The van der Waals surface area contributed by atoms with Gasteiger partial charge < -0.3 is 10.2 Å². The molecule has 1 aliphatic heterocycles. The number of para-hydroxylation sites is 2. The molecule has 8 nitrogen and oxygen atoms in total. The first-order valence-corrected chi connectivity index (χ1v) is 14.5. The van der Waals surface area contributed by atoms with Crippen LogP contribution in [0.1, 0.15) is 15.9 Å². The van der Waals surface area contributed by atoms with E-state index in [9.17, 15) is 13.2 Å². The summed E-state index contributed by atoms with van der Waals surface area (Å²) in [7, 11) is -3.79. The molecule has 0 unspecified atom stereocenters. The highest BCUT2D eigenvalue weighted by Gasteiger charge is 2.21. The number of nitrogens with one attached hydrogen (secondary N) is 2. The van der Waals surface area contributed by atoms with Crippen LogP contribution in [-0.4, -0.2) is 63.5 Å². The molecule has 0 bridgehead atoms. The molecule has 0 atom stereocenters. The van der Waals surface area contributed by atoms with Crippen LogP contribution in [0.4, 0.5) is 10.8 Å². The average Bonchev–Trinajstić information content (AvgIpc) is 3.35. The summed E-state index contributed by atoms with van der Waals surface area (Å²) in [5, 5.41) is 4.00. The van der Waals surface area contributed by atoms with Crippen molar-refractivity contribution in [2.45, 2.75) is 11.8 Å². The van der Waals surface area contributed by atoms with Gasteiger partial charge in [-0.3, -0.25) is 14.4 Å². The van der Waals surface area contributed by atoms with E-state index in [1.54, 1.807) is 53.8 Å². The van der Waals surface area contributed by atoms with Crippen molar-refractivity contribution in [3.8, 4) is 0 Å². The van der Waals surface area contributed by atoms with Crippen molar-refractivity contribution >= 4 is 48.3 Å². The highest BCUT2D eigenvalue weighted by Crippen LogP contribution is 2.31. The largest absolute Gasteiger partial charge is 0.351 e. The Hall–Kier alpha value is -3.47. The number of hydrogen-bond acceptors (Lipinski definition) is 7. The van der Waals surface area contributed by atoms with Gasteiger partial charge in [-0.05, 0) is 42.8 Å². The van der Waals surface area contributed by atoms with Crippen molar-refractivity contribution in [2.24, 2.45) is 0 Å². The Morgan fingerprint density at radius 1 is 0.946 bits per heavy atom. The zero-order valence-electron chi connectivity index (χ0n) is 20.6. The lowest BCUT2D eigenvalue weighted by molar-refractivity contribution is 0.0948. The number of rotatable bonds is 8. The fourth-order valence-electron chi connectivity index (χ4n) is 4.37. The summed E-state index contributed by atoms with van der Waals surface area (Å²) in [6, 6.07) is 21.0. The van der Waals surface area contributed by atoms with Gasteiger partial charge in [-0.25, -0.2) is 13.4 Å². The van der Waals surface area contributed by atoms with Crippen LogP contribution in [0.25, 0.3) is 10.2 Å². The second kappa shape index (κ2) is 10.9. The maximum atomic E-state index is 12.9. The van der Waals surface area contributed by atoms with Crippen LogP contribution >= 0.6 is 11.3 Å². The Morgan fingerprint density at radius 2 is 1.68 bits per heavy atom. The molecule has 1 aromatic heterocycles. The van der Waals surface area contributed by atoms with Gasteiger partial charge >= 0.3 is 0 Å². The average molecular weight is 536 g/mol. The Balaban J connectivity index is 1.14. The van der Waals surface area contributed by atoms with Gasteiger partial charge in [-0.15, -0.1) is 0 Å². The Kier molecular flexibility index (Phi) is 7.40. The molecule has 1 amide bonds. The molecule has 4 aromatic rings. The highest BCUT2D eigenvalue weighted by atomic mass is 32.2. The zero-order valence-corrected chi connectivity index (χ0v) is 22.2. The smallest absolute Gasteiger partial charge is 0.261 e. The number of hydrogen-bond donors (Lipinski definition) is 2. The summed E-state index contributed by atoms with van der Waals surface area (Å²) >= 11 is 1.73. The summed E-state index contributed by atoms with van der Waals surface area (Å²) in [6.45, 7) is 6.83. The molecule has 1 saturated heterocycles. The molecule has 0 spiro atoms. The second-order valence-electron chi connectivity index (χ2n) is 8.97. The monoisotopic (exact) mass is 535 g/mol. The number of carbonyl (C=O) groups excluding carboxylic acids is 1. The van der Waals surface area contributed by atoms with Crippen LogP contribution in [0.3, 0.4) is 0 Å². The molecule has 2 heterocycles. The van der Waals surface area contributed by atoms with Gasteiger partial charge in [0.05, 0.1) is 26.4 Å². The SMILES string of the molecule is Cc1cccc2sc(N3CCN(CCNC(=O)c4ccccc4NS(=O)(=O)c4ccccc4)CC3)nc12. The highest BCUT2D eigenvalue weighted by molar-refractivity contribution is 7.92. The molecule has 3 aromatic carbocycles. The van der Waals surface area contributed by atoms with Gasteiger partial charge in [0.1, 0.15) is 0 Å². The lowest BCUT2D eigenvalue weighted by Gasteiger charge is -2.34. The molecule has 1 fully saturated rings. The van der Waals surface area contributed by atoms with Crippen molar-refractivity contribution in [3.05, 3.63) is 83.9 Å². The lowest BCUT2D eigenvalue weighted by atomic mass is 10.1. The van der Waals surface area contributed by atoms with Crippen LogP contribution in [-0.2, 0) is 10.0 Å². The predicted octanol–water partition coefficient (Wildman–Crippen LogP) is 3.96. The van der Waals surface area contributed by atoms with E-state index in [0.717, 1.165) is 43.4 Å². The quantitative estimate of drug-likeness (QED) is 0.355. The first-order valence-electron chi connectivity index (χ1n) is 12.2. The van der Waals surface area contributed by atoms with Gasteiger partial charge in [0, 0.05) is 39.3 Å². The number of sulfonamides is 1. The van der Waals surface area contributed by atoms with Crippen LogP contribution in [0.15, 0.2) is 77.7 Å². The van der Waals surface area contributed by atoms with Crippen LogP contribution < -0.4 is 14.9 Å². The van der Waals surface area contributed by atoms with Crippen molar-refractivity contribution in [1.82, 2.24) is 15.2 Å². The van der Waals surface area contributed by atoms with Gasteiger partial charge in [-0.1, -0.05) is 53.8 Å². The van der Waals surface area contributed by atoms with Gasteiger partial charge in [0.25, 0.3) is 15.9 Å². The first-order chi connectivity index (χ1) is 17.9. The second-order valence-corrected chi connectivity index (χ2v) is 11.7. The Morgan fingerprint density at radius 3 is 2.43 bits per heavy atom. The molecule has 1 aliphatic rings. The number of carbonyl (C=O) groups is 1. The Bertz CT molecular complexity index is 1500. The Labute approximate surface area is 221 Å². The van der Waals surface area contributed by atoms with E-state index in [2.05, 4.69) is 45.0 Å². The van der Waals surface area contributed by atoms with Gasteiger partial charge in [0.15, 0.2) is 5.13 Å². The van der Waals surface area contributed by atoms with E-state index < -0.39 is 10.0 Å². The number of anilines is 2. The van der Waals surface area contributed by atoms with Crippen LogP contribution in [0.5, 0.6) is 0 Å². The molecular formula is C27H29N5O3S2. The molecule has 37 heavy (non-hydrogen) atoms. The van der Waals surface area contributed by atoms with Crippen molar-refractivity contribution in [3.63, 3.8) is 0 Å². The van der Waals surface area contributed by atoms with E-state index in [4.69, 9.17) is 4.98 Å². The van der Waals surface area contributed by atoms with Crippen molar-refractivity contribution < 1.29 is 13.2 Å². The summed E-state index contributed by atoms with van der Waals surface area (Å²) in [5.41, 5.74) is 2.82. The van der Waals surface area contributed by atoms with Crippen molar-refractivity contribution in [2.75, 3.05) is 48.9 Å². The van der Waals surface area contributed by atoms with Crippen molar-refractivity contribution in [1.29, 1.82) is 0 Å². The van der Waals surface area contributed by atoms with E-state index in [-0.39, 0.29) is 22.1 Å². The molecule has 0 saturated carbocycles. The number of thiazole rings is 1. The normalized spacial score (nSPS) is 14.6.